The van der Waals surface area contributed by atoms with E-state index in [1.54, 1.807) is 6.07 Å². The van der Waals surface area contributed by atoms with Crippen LogP contribution in [0.2, 0.25) is 10.0 Å². The van der Waals surface area contributed by atoms with Gasteiger partial charge in [-0.05, 0) is 31.0 Å². The van der Waals surface area contributed by atoms with Crippen molar-refractivity contribution in [2.45, 2.75) is 25.7 Å². The van der Waals surface area contributed by atoms with E-state index >= 15 is 0 Å². The van der Waals surface area contributed by atoms with Gasteiger partial charge in [0.05, 0.1) is 16.9 Å². The second kappa shape index (κ2) is 8.92. The Hall–Kier alpha value is -1.99. The highest BCUT2D eigenvalue weighted by Gasteiger charge is 2.35. The van der Waals surface area contributed by atoms with Crippen molar-refractivity contribution < 1.29 is 24.2 Å². The molecule has 7 nitrogen and oxygen atoms in total. The predicted molar refractivity (Wildman–Crippen MR) is 91.3 cm³/mol. The number of aliphatic carboxylic acids is 1. The maximum atomic E-state index is 12.1. The van der Waals surface area contributed by atoms with E-state index in [0.29, 0.717) is 17.9 Å². The molecule has 0 radical (unpaired) electrons. The number of carboxylic acid groups (broad SMARTS) is 1. The first-order chi connectivity index (χ1) is 11.9. The van der Waals surface area contributed by atoms with Crippen molar-refractivity contribution in [3.63, 3.8) is 0 Å². The van der Waals surface area contributed by atoms with Crippen LogP contribution in [0.4, 0.5) is 0 Å². The monoisotopic (exact) mass is 388 g/mol. The van der Waals surface area contributed by atoms with E-state index in [-0.39, 0.29) is 17.4 Å². The summed E-state index contributed by atoms with van der Waals surface area (Å²) >= 11 is 11.7. The highest BCUT2D eigenvalue weighted by Crippen LogP contribution is 2.30. The van der Waals surface area contributed by atoms with Gasteiger partial charge in [0.2, 0.25) is 5.91 Å². The maximum absolute atomic E-state index is 12.1. The van der Waals surface area contributed by atoms with Crippen molar-refractivity contribution in [1.82, 2.24) is 10.9 Å². The first kappa shape index (κ1) is 19.3. The van der Waals surface area contributed by atoms with Crippen LogP contribution in [0, 0.1) is 11.8 Å². The number of amides is 2. The average Bonchev–Trinajstić information content (AvgIpc) is 2.58. The lowest BCUT2D eigenvalue weighted by molar-refractivity contribution is -0.149. The van der Waals surface area contributed by atoms with Gasteiger partial charge in [-0.15, -0.1) is 0 Å². The predicted octanol–water partition coefficient (Wildman–Crippen LogP) is 2.41. The summed E-state index contributed by atoms with van der Waals surface area (Å²) in [4.78, 5) is 35.1. The van der Waals surface area contributed by atoms with Gasteiger partial charge in [-0.3, -0.25) is 25.2 Å². The summed E-state index contributed by atoms with van der Waals surface area (Å²) in [7, 11) is 0. The summed E-state index contributed by atoms with van der Waals surface area (Å²) in [5.74, 6) is -3.20. The zero-order chi connectivity index (χ0) is 18.4. The molecule has 2 rings (SSSR count). The fraction of sp³-hybridized carbons (Fsp3) is 0.438. The summed E-state index contributed by atoms with van der Waals surface area (Å²) in [6.45, 7) is -0.366. The van der Waals surface area contributed by atoms with Crippen LogP contribution in [0.1, 0.15) is 25.7 Å². The Kier molecular flexibility index (Phi) is 6.90. The minimum absolute atomic E-state index is 0.260. The quantitative estimate of drug-likeness (QED) is 0.671. The minimum atomic E-state index is -0.994. The molecular weight excluding hydrogens is 371 g/mol. The lowest BCUT2D eigenvalue weighted by Gasteiger charge is -2.27. The van der Waals surface area contributed by atoms with Crippen molar-refractivity contribution in [1.29, 1.82) is 0 Å². The zero-order valence-corrected chi connectivity index (χ0v) is 14.8. The molecule has 136 valence electrons. The Morgan fingerprint density at radius 3 is 2.44 bits per heavy atom. The van der Waals surface area contributed by atoms with Crippen molar-refractivity contribution >= 4 is 41.0 Å². The molecule has 0 bridgehead atoms. The van der Waals surface area contributed by atoms with Gasteiger partial charge in [0.25, 0.3) is 5.91 Å². The fourth-order valence-electron chi connectivity index (χ4n) is 2.74. The molecule has 9 heteroatoms. The highest BCUT2D eigenvalue weighted by atomic mass is 35.5. The Morgan fingerprint density at radius 1 is 1.12 bits per heavy atom. The van der Waals surface area contributed by atoms with E-state index in [2.05, 4.69) is 10.9 Å². The first-order valence-corrected chi connectivity index (χ1v) is 8.53. The van der Waals surface area contributed by atoms with E-state index in [0.717, 1.165) is 12.8 Å². The molecule has 1 aliphatic rings. The largest absolute Gasteiger partial charge is 0.482 e. The number of benzene rings is 1. The third-order valence-electron chi connectivity index (χ3n) is 4.00. The number of rotatable bonds is 5. The number of halogens is 2. The Bertz CT molecular complexity index is 668. The summed E-state index contributed by atoms with van der Waals surface area (Å²) in [5.41, 5.74) is 4.48. The van der Waals surface area contributed by atoms with Crippen LogP contribution in [0.3, 0.4) is 0 Å². The molecule has 3 N–H and O–H groups in total. The number of carbonyl (C=O) groups is 3. The number of ether oxygens (including phenoxy) is 1. The summed E-state index contributed by atoms with van der Waals surface area (Å²) in [5, 5.41) is 9.88. The van der Waals surface area contributed by atoms with Gasteiger partial charge in [0.15, 0.2) is 6.61 Å². The molecular formula is C16H18Cl2N2O5. The molecule has 0 spiro atoms. The van der Waals surface area contributed by atoms with Gasteiger partial charge in [-0.2, -0.15) is 0 Å². The van der Waals surface area contributed by atoms with Crippen LogP contribution >= 0.6 is 23.2 Å². The minimum Gasteiger partial charge on any atom is -0.482 e. The third kappa shape index (κ3) is 5.51. The molecule has 0 aliphatic heterocycles. The van der Waals surface area contributed by atoms with Crippen molar-refractivity contribution in [2.24, 2.45) is 11.8 Å². The SMILES string of the molecule is O=C(COc1ccc(Cl)cc1Cl)NNC(=O)[C@@H]1CCCC[C@H]1C(=O)O. The third-order valence-corrected chi connectivity index (χ3v) is 4.53. The van der Waals surface area contributed by atoms with E-state index in [1.807, 2.05) is 0 Å². The smallest absolute Gasteiger partial charge is 0.307 e. The molecule has 1 fully saturated rings. The molecule has 0 heterocycles. The molecule has 0 saturated heterocycles. The normalized spacial score (nSPS) is 19.8. The van der Waals surface area contributed by atoms with E-state index < -0.39 is 29.6 Å². The van der Waals surface area contributed by atoms with Gasteiger partial charge in [0.1, 0.15) is 5.75 Å². The van der Waals surface area contributed by atoms with Gasteiger partial charge in [0, 0.05) is 5.02 Å². The van der Waals surface area contributed by atoms with E-state index in [4.69, 9.17) is 27.9 Å². The molecule has 2 amide bonds. The zero-order valence-electron chi connectivity index (χ0n) is 13.3. The maximum Gasteiger partial charge on any atom is 0.307 e. The number of hydrazine groups is 1. The number of nitrogens with one attached hydrogen (secondary N) is 2. The first-order valence-electron chi connectivity index (χ1n) is 7.78. The van der Waals surface area contributed by atoms with Crippen molar-refractivity contribution in [3.8, 4) is 5.75 Å². The van der Waals surface area contributed by atoms with Crippen LogP contribution < -0.4 is 15.6 Å². The summed E-state index contributed by atoms with van der Waals surface area (Å²) < 4.78 is 5.24. The van der Waals surface area contributed by atoms with Gasteiger partial charge in [-0.25, -0.2) is 0 Å². The van der Waals surface area contributed by atoms with E-state index in [1.165, 1.54) is 12.1 Å². The topological polar surface area (TPSA) is 105 Å². The van der Waals surface area contributed by atoms with Gasteiger partial charge >= 0.3 is 5.97 Å². The number of carboxylic acids is 1. The van der Waals surface area contributed by atoms with E-state index in [9.17, 15) is 19.5 Å². The van der Waals surface area contributed by atoms with Gasteiger partial charge < -0.3 is 9.84 Å². The van der Waals surface area contributed by atoms with Gasteiger partial charge in [-0.1, -0.05) is 36.0 Å². The van der Waals surface area contributed by atoms with Crippen LogP contribution in [-0.2, 0) is 14.4 Å². The summed E-state index contributed by atoms with van der Waals surface area (Å²) in [6.07, 6.45) is 2.51. The Labute approximate surface area is 154 Å². The molecule has 1 aromatic rings. The lowest BCUT2D eigenvalue weighted by atomic mass is 9.79. The molecule has 2 atom stereocenters. The highest BCUT2D eigenvalue weighted by molar-refractivity contribution is 6.35. The average molecular weight is 389 g/mol. The lowest BCUT2D eigenvalue weighted by Crippen LogP contribution is -2.49. The van der Waals surface area contributed by atoms with Crippen LogP contribution in [-0.4, -0.2) is 29.5 Å². The molecule has 1 saturated carbocycles. The standard InChI is InChI=1S/C16H18Cl2N2O5/c17-9-5-6-13(12(18)7-9)25-8-14(21)19-20-15(22)10-3-1-2-4-11(10)16(23)24/h5-7,10-11H,1-4,8H2,(H,19,21)(H,20,22)(H,23,24)/t10-,11-/m1/s1. The summed E-state index contributed by atoms with van der Waals surface area (Å²) in [6, 6.07) is 4.57. The molecule has 0 unspecified atom stereocenters. The van der Waals surface area contributed by atoms with Crippen LogP contribution in [0.15, 0.2) is 18.2 Å². The van der Waals surface area contributed by atoms with Crippen LogP contribution in [0.25, 0.3) is 0 Å². The molecule has 25 heavy (non-hydrogen) atoms. The second-order valence-corrected chi connectivity index (χ2v) is 6.58. The second-order valence-electron chi connectivity index (χ2n) is 5.74. The Morgan fingerprint density at radius 2 is 1.80 bits per heavy atom. The van der Waals surface area contributed by atoms with Crippen LogP contribution in [0.5, 0.6) is 5.75 Å². The number of carbonyl (C=O) groups excluding carboxylic acids is 2. The van der Waals surface area contributed by atoms with Crippen molar-refractivity contribution in [2.75, 3.05) is 6.61 Å². The molecule has 1 aromatic carbocycles. The number of hydrogen-bond acceptors (Lipinski definition) is 4. The van der Waals surface area contributed by atoms with Crippen molar-refractivity contribution in [3.05, 3.63) is 28.2 Å². The molecule has 1 aliphatic carbocycles. The molecule has 0 aromatic heterocycles. The fourth-order valence-corrected chi connectivity index (χ4v) is 3.20. The number of hydrogen-bond donors (Lipinski definition) is 3. The Balaban J connectivity index is 1.80.